The molecule has 1 heterocycles. The number of hydrogen-bond donors (Lipinski definition) is 0. The van der Waals surface area contributed by atoms with Crippen molar-refractivity contribution in [3.8, 4) is 11.1 Å². The van der Waals surface area contributed by atoms with Gasteiger partial charge in [0.1, 0.15) is 0 Å². The molecule has 0 N–H and O–H groups in total. The van der Waals surface area contributed by atoms with Crippen molar-refractivity contribution < 1.29 is 4.79 Å². The Hall–Kier alpha value is -1.93. The van der Waals surface area contributed by atoms with Crippen LogP contribution in [0.15, 0.2) is 47.8 Å². The van der Waals surface area contributed by atoms with Crippen LogP contribution < -0.4 is 0 Å². The zero-order chi connectivity index (χ0) is 11.8. The number of halogens is 1. The van der Waals surface area contributed by atoms with E-state index in [1.165, 1.54) is 0 Å². The minimum Gasteiger partial charge on any atom is -0.288 e. The lowest BCUT2D eigenvalue weighted by molar-refractivity contribution is 0.104. The number of fused-ring (bicyclic) bond motifs is 1. The second-order valence-corrected chi connectivity index (χ2v) is 4.27. The second-order valence-electron chi connectivity index (χ2n) is 3.87. The number of Topliss-reactive ketones (excluding diaryl/α,β-unsaturated/α-hetero) is 1. The summed E-state index contributed by atoms with van der Waals surface area (Å²) in [5.74, 6) is -0.0978. The Morgan fingerprint density at radius 3 is 2.76 bits per heavy atom. The van der Waals surface area contributed by atoms with Crippen molar-refractivity contribution in [2.24, 2.45) is 0 Å². The molecule has 0 saturated heterocycles. The van der Waals surface area contributed by atoms with E-state index < -0.39 is 0 Å². The third kappa shape index (κ3) is 1.67. The number of pyridine rings is 1. The van der Waals surface area contributed by atoms with Gasteiger partial charge in [-0.05, 0) is 35.4 Å². The van der Waals surface area contributed by atoms with Crippen LogP contribution in [0.4, 0.5) is 0 Å². The molecule has 1 aliphatic rings. The largest absolute Gasteiger partial charge is 0.288 e. The van der Waals surface area contributed by atoms with E-state index in [1.54, 1.807) is 18.5 Å². The summed E-state index contributed by atoms with van der Waals surface area (Å²) in [5.41, 5.74) is 3.61. The average Bonchev–Trinajstić information content (AvgIpc) is 2.66. The monoisotopic (exact) mass is 241 g/mol. The topological polar surface area (TPSA) is 30.0 Å². The van der Waals surface area contributed by atoms with E-state index in [1.807, 2.05) is 30.3 Å². The molecule has 1 aliphatic carbocycles. The molecule has 0 atom stereocenters. The van der Waals surface area contributed by atoms with Crippen molar-refractivity contribution in [3.63, 3.8) is 0 Å². The first-order chi connectivity index (χ1) is 8.25. The number of rotatable bonds is 1. The predicted octanol–water partition coefficient (Wildman–Crippen LogP) is 3.52. The van der Waals surface area contributed by atoms with Gasteiger partial charge in [-0.25, -0.2) is 0 Å². The molecule has 2 nitrogen and oxygen atoms in total. The fourth-order valence-corrected chi connectivity index (χ4v) is 2.15. The highest BCUT2D eigenvalue weighted by molar-refractivity contribution is 6.49. The van der Waals surface area contributed by atoms with Gasteiger partial charge in [-0.2, -0.15) is 0 Å². The summed E-state index contributed by atoms with van der Waals surface area (Å²) in [6.45, 7) is 0. The lowest BCUT2D eigenvalue weighted by Gasteiger charge is -2.03. The van der Waals surface area contributed by atoms with Crippen LogP contribution in [0.2, 0.25) is 0 Å². The van der Waals surface area contributed by atoms with Gasteiger partial charge in [0.25, 0.3) is 0 Å². The van der Waals surface area contributed by atoms with Crippen molar-refractivity contribution in [2.45, 2.75) is 0 Å². The first-order valence-corrected chi connectivity index (χ1v) is 5.60. The molecule has 1 aromatic heterocycles. The van der Waals surface area contributed by atoms with E-state index >= 15 is 0 Å². The third-order valence-corrected chi connectivity index (χ3v) is 3.07. The van der Waals surface area contributed by atoms with Crippen molar-refractivity contribution in [1.29, 1.82) is 0 Å². The molecular formula is C14H8ClNO. The molecule has 0 amide bonds. The first kappa shape index (κ1) is 10.2. The minimum absolute atomic E-state index is 0.0978. The number of nitrogens with zero attached hydrogens (tertiary/aromatic N) is 1. The van der Waals surface area contributed by atoms with Crippen LogP contribution >= 0.6 is 11.6 Å². The first-order valence-electron chi connectivity index (χ1n) is 5.22. The van der Waals surface area contributed by atoms with Crippen molar-refractivity contribution in [1.82, 2.24) is 4.98 Å². The number of aromatic nitrogens is 1. The van der Waals surface area contributed by atoms with Gasteiger partial charge in [-0.15, -0.1) is 0 Å². The minimum atomic E-state index is -0.0978. The second kappa shape index (κ2) is 3.82. The zero-order valence-electron chi connectivity index (χ0n) is 8.85. The Balaban J connectivity index is 2.12. The van der Waals surface area contributed by atoms with E-state index in [9.17, 15) is 4.79 Å². The SMILES string of the molecule is O=C1C(Cl)=Cc2cc(-c3cccnc3)ccc21. The highest BCUT2D eigenvalue weighted by Crippen LogP contribution is 2.30. The molecule has 0 aliphatic heterocycles. The van der Waals surface area contributed by atoms with E-state index in [2.05, 4.69) is 4.98 Å². The number of ketones is 1. The van der Waals surface area contributed by atoms with Crippen LogP contribution in [0.5, 0.6) is 0 Å². The van der Waals surface area contributed by atoms with Crippen LogP contribution in [0.3, 0.4) is 0 Å². The van der Waals surface area contributed by atoms with E-state index in [0.29, 0.717) is 5.56 Å². The third-order valence-electron chi connectivity index (χ3n) is 2.79. The molecule has 0 bridgehead atoms. The lowest BCUT2D eigenvalue weighted by Crippen LogP contribution is -1.94. The molecular weight excluding hydrogens is 234 g/mol. The number of allylic oxidation sites excluding steroid dienone is 1. The van der Waals surface area contributed by atoms with E-state index in [0.717, 1.165) is 16.7 Å². The van der Waals surface area contributed by atoms with Gasteiger partial charge >= 0.3 is 0 Å². The molecule has 17 heavy (non-hydrogen) atoms. The van der Waals surface area contributed by atoms with Crippen molar-refractivity contribution in [2.75, 3.05) is 0 Å². The van der Waals surface area contributed by atoms with Crippen molar-refractivity contribution in [3.05, 3.63) is 58.9 Å². The van der Waals surface area contributed by atoms with Gasteiger partial charge in [-0.3, -0.25) is 9.78 Å². The summed E-state index contributed by atoms with van der Waals surface area (Å²) in [5, 5.41) is 0.281. The molecule has 0 fully saturated rings. The summed E-state index contributed by atoms with van der Waals surface area (Å²) in [4.78, 5) is 15.7. The number of benzene rings is 1. The molecule has 0 saturated carbocycles. The summed E-state index contributed by atoms with van der Waals surface area (Å²) >= 11 is 5.83. The summed E-state index contributed by atoms with van der Waals surface area (Å²) < 4.78 is 0. The molecule has 0 radical (unpaired) electrons. The van der Waals surface area contributed by atoms with Crippen LogP contribution in [0, 0.1) is 0 Å². The maximum Gasteiger partial charge on any atom is 0.204 e. The Bertz CT molecular complexity index is 632. The summed E-state index contributed by atoms with van der Waals surface area (Å²) in [6.07, 6.45) is 5.24. The van der Waals surface area contributed by atoms with Gasteiger partial charge in [0.05, 0.1) is 5.03 Å². The van der Waals surface area contributed by atoms with Crippen LogP contribution in [-0.2, 0) is 0 Å². The quantitative estimate of drug-likeness (QED) is 0.765. The predicted molar refractivity (Wildman–Crippen MR) is 67.8 cm³/mol. The highest BCUT2D eigenvalue weighted by Gasteiger charge is 2.20. The van der Waals surface area contributed by atoms with E-state index in [-0.39, 0.29) is 10.8 Å². The normalized spacial score (nSPS) is 13.5. The van der Waals surface area contributed by atoms with Crippen molar-refractivity contribution >= 4 is 23.5 Å². The smallest absolute Gasteiger partial charge is 0.204 e. The molecule has 82 valence electrons. The molecule has 1 aromatic carbocycles. The lowest BCUT2D eigenvalue weighted by atomic mass is 10.0. The van der Waals surface area contributed by atoms with Gasteiger partial charge in [0.2, 0.25) is 5.78 Å². The fraction of sp³-hybridized carbons (Fsp3) is 0. The fourth-order valence-electron chi connectivity index (χ4n) is 1.93. The Labute approximate surface area is 104 Å². The Morgan fingerprint density at radius 1 is 1.12 bits per heavy atom. The van der Waals surface area contributed by atoms with Gasteiger partial charge in [-0.1, -0.05) is 23.7 Å². The van der Waals surface area contributed by atoms with Crippen LogP contribution in [-0.4, -0.2) is 10.8 Å². The standard InChI is InChI=1S/C14H8ClNO/c15-13-7-11-6-9(3-4-12(11)14(13)17)10-2-1-5-16-8-10/h1-8H. The number of hydrogen-bond acceptors (Lipinski definition) is 2. The van der Waals surface area contributed by atoms with Gasteiger partial charge < -0.3 is 0 Å². The molecule has 0 spiro atoms. The average molecular weight is 242 g/mol. The van der Waals surface area contributed by atoms with Gasteiger partial charge in [0, 0.05) is 23.5 Å². The zero-order valence-corrected chi connectivity index (χ0v) is 9.61. The Kier molecular flexibility index (Phi) is 2.30. The highest BCUT2D eigenvalue weighted by atomic mass is 35.5. The molecule has 3 rings (SSSR count). The molecule has 2 aromatic rings. The van der Waals surface area contributed by atoms with Crippen LogP contribution in [0.25, 0.3) is 17.2 Å². The maximum atomic E-state index is 11.6. The Morgan fingerprint density at radius 2 is 2.00 bits per heavy atom. The van der Waals surface area contributed by atoms with Gasteiger partial charge in [0.15, 0.2) is 0 Å². The molecule has 3 heteroatoms. The van der Waals surface area contributed by atoms with E-state index in [4.69, 9.17) is 11.6 Å². The number of carbonyl (C=O) groups is 1. The number of carbonyl (C=O) groups excluding carboxylic acids is 1. The summed E-state index contributed by atoms with van der Waals surface area (Å²) in [7, 11) is 0. The maximum absolute atomic E-state index is 11.6. The van der Waals surface area contributed by atoms with Crippen LogP contribution in [0.1, 0.15) is 15.9 Å². The summed E-state index contributed by atoms with van der Waals surface area (Å²) in [6, 6.07) is 9.55. The molecule has 0 unspecified atom stereocenters.